The fourth-order valence-electron chi connectivity index (χ4n) is 1.80. The van der Waals surface area contributed by atoms with Gasteiger partial charge in [0.15, 0.2) is 0 Å². The van der Waals surface area contributed by atoms with Crippen LogP contribution in [0.3, 0.4) is 0 Å². The van der Waals surface area contributed by atoms with Crippen molar-refractivity contribution in [2.75, 3.05) is 5.75 Å². The summed E-state index contributed by atoms with van der Waals surface area (Å²) in [4.78, 5) is 1.12. The third-order valence-corrected chi connectivity index (χ3v) is 4.96. The standard InChI is InChI=1S/C16H22N2S/c1-3-12(2)11-19-16-7-4-13(8-14(16)9-17)10-18-15-5-6-15/h4,7-8,12,15,18H,3,5-6,10-11H2,1-2H3. The number of nitriles is 1. The Kier molecular flexibility index (Phi) is 5.30. The minimum absolute atomic E-state index is 0.702. The lowest BCUT2D eigenvalue weighted by Gasteiger charge is -2.10. The van der Waals surface area contributed by atoms with Crippen molar-refractivity contribution in [3.05, 3.63) is 29.3 Å². The second-order valence-electron chi connectivity index (χ2n) is 5.42. The van der Waals surface area contributed by atoms with E-state index in [4.69, 9.17) is 0 Å². The van der Waals surface area contributed by atoms with Gasteiger partial charge in [-0.05, 0) is 36.5 Å². The fraction of sp³-hybridized carbons (Fsp3) is 0.562. The summed E-state index contributed by atoms with van der Waals surface area (Å²) in [6, 6.07) is 9.34. The largest absolute Gasteiger partial charge is 0.310 e. The molecule has 1 saturated carbocycles. The van der Waals surface area contributed by atoms with Crippen molar-refractivity contribution in [2.45, 2.75) is 50.6 Å². The molecule has 1 aromatic carbocycles. The molecule has 2 nitrogen and oxygen atoms in total. The summed E-state index contributed by atoms with van der Waals surface area (Å²) in [6.45, 7) is 5.35. The lowest BCUT2D eigenvalue weighted by Crippen LogP contribution is -2.15. The minimum atomic E-state index is 0.702. The molecular weight excluding hydrogens is 252 g/mol. The summed E-state index contributed by atoms with van der Waals surface area (Å²) in [7, 11) is 0. The van der Waals surface area contributed by atoms with Gasteiger partial charge in [0.25, 0.3) is 0 Å². The van der Waals surface area contributed by atoms with Crippen molar-refractivity contribution in [3.63, 3.8) is 0 Å². The maximum atomic E-state index is 9.27. The monoisotopic (exact) mass is 274 g/mol. The highest BCUT2D eigenvalue weighted by Crippen LogP contribution is 2.26. The zero-order valence-electron chi connectivity index (χ0n) is 11.8. The van der Waals surface area contributed by atoms with Crippen LogP contribution in [-0.4, -0.2) is 11.8 Å². The molecule has 0 aromatic heterocycles. The molecule has 1 aromatic rings. The van der Waals surface area contributed by atoms with E-state index in [2.05, 4.69) is 37.4 Å². The molecule has 2 rings (SSSR count). The van der Waals surface area contributed by atoms with Crippen LogP contribution < -0.4 is 5.32 Å². The predicted molar refractivity (Wildman–Crippen MR) is 81.2 cm³/mol. The van der Waals surface area contributed by atoms with Gasteiger partial charge < -0.3 is 5.32 Å². The molecular formula is C16H22N2S. The molecule has 0 saturated heterocycles. The van der Waals surface area contributed by atoms with Crippen molar-refractivity contribution in [1.82, 2.24) is 5.32 Å². The van der Waals surface area contributed by atoms with Crippen LogP contribution in [-0.2, 0) is 6.54 Å². The number of nitrogens with zero attached hydrogens (tertiary/aromatic N) is 1. The first-order valence-electron chi connectivity index (χ1n) is 7.12. The minimum Gasteiger partial charge on any atom is -0.310 e. The van der Waals surface area contributed by atoms with Crippen LogP contribution in [0.5, 0.6) is 0 Å². The molecule has 0 bridgehead atoms. The van der Waals surface area contributed by atoms with E-state index in [0.29, 0.717) is 12.0 Å². The summed E-state index contributed by atoms with van der Waals surface area (Å²) in [5.74, 6) is 1.79. The molecule has 0 heterocycles. The van der Waals surface area contributed by atoms with Gasteiger partial charge in [-0.1, -0.05) is 26.3 Å². The molecule has 1 atom stereocenters. The van der Waals surface area contributed by atoms with Gasteiger partial charge >= 0.3 is 0 Å². The number of thioether (sulfide) groups is 1. The Labute approximate surface area is 120 Å². The van der Waals surface area contributed by atoms with Crippen LogP contribution in [0.2, 0.25) is 0 Å². The second-order valence-corrected chi connectivity index (χ2v) is 6.48. The molecule has 3 heteroatoms. The molecule has 1 aliphatic rings. The van der Waals surface area contributed by atoms with Crippen molar-refractivity contribution in [2.24, 2.45) is 5.92 Å². The van der Waals surface area contributed by atoms with E-state index in [0.717, 1.165) is 22.8 Å². The normalized spacial score (nSPS) is 16.1. The van der Waals surface area contributed by atoms with E-state index in [9.17, 15) is 5.26 Å². The first-order chi connectivity index (χ1) is 9.22. The summed E-state index contributed by atoms with van der Waals surface area (Å²) in [5, 5.41) is 12.8. The molecule has 0 radical (unpaired) electrons. The number of hydrogen-bond acceptors (Lipinski definition) is 3. The number of hydrogen-bond donors (Lipinski definition) is 1. The third kappa shape index (κ3) is 4.56. The molecule has 1 fully saturated rings. The Morgan fingerprint density at radius 1 is 1.47 bits per heavy atom. The van der Waals surface area contributed by atoms with Gasteiger partial charge in [-0.25, -0.2) is 0 Å². The molecule has 0 spiro atoms. The van der Waals surface area contributed by atoms with Crippen LogP contribution >= 0.6 is 11.8 Å². The Morgan fingerprint density at radius 2 is 2.26 bits per heavy atom. The molecule has 0 aliphatic heterocycles. The zero-order valence-corrected chi connectivity index (χ0v) is 12.6. The van der Waals surface area contributed by atoms with Gasteiger partial charge in [-0.3, -0.25) is 0 Å². The van der Waals surface area contributed by atoms with E-state index >= 15 is 0 Å². The molecule has 1 aliphatic carbocycles. The van der Waals surface area contributed by atoms with E-state index in [1.54, 1.807) is 11.8 Å². The molecule has 19 heavy (non-hydrogen) atoms. The quantitative estimate of drug-likeness (QED) is 0.765. The Balaban J connectivity index is 1.96. The number of nitrogens with one attached hydrogen (secondary N) is 1. The van der Waals surface area contributed by atoms with Gasteiger partial charge in [0.1, 0.15) is 6.07 Å². The fourth-order valence-corrected chi connectivity index (χ4v) is 2.92. The van der Waals surface area contributed by atoms with Crippen LogP contribution in [0.4, 0.5) is 0 Å². The van der Waals surface area contributed by atoms with Crippen LogP contribution in [0.25, 0.3) is 0 Å². The summed E-state index contributed by atoms with van der Waals surface area (Å²) >= 11 is 1.81. The Morgan fingerprint density at radius 3 is 2.89 bits per heavy atom. The third-order valence-electron chi connectivity index (χ3n) is 3.56. The maximum absolute atomic E-state index is 9.27. The number of benzene rings is 1. The molecule has 1 N–H and O–H groups in total. The maximum Gasteiger partial charge on any atom is 0.100 e. The average molecular weight is 274 g/mol. The summed E-state index contributed by atoms with van der Waals surface area (Å²) < 4.78 is 0. The van der Waals surface area contributed by atoms with E-state index < -0.39 is 0 Å². The van der Waals surface area contributed by atoms with E-state index in [-0.39, 0.29) is 0 Å². The first kappa shape index (κ1) is 14.4. The second kappa shape index (κ2) is 6.98. The van der Waals surface area contributed by atoms with Crippen molar-refractivity contribution < 1.29 is 0 Å². The summed E-state index contributed by atoms with van der Waals surface area (Å²) in [5.41, 5.74) is 2.04. The Hall–Kier alpha value is -0.980. The van der Waals surface area contributed by atoms with Crippen LogP contribution in [0.15, 0.2) is 23.1 Å². The first-order valence-corrected chi connectivity index (χ1v) is 8.10. The van der Waals surface area contributed by atoms with Crippen LogP contribution in [0.1, 0.15) is 44.2 Å². The number of rotatable bonds is 7. The predicted octanol–water partition coefficient (Wildman–Crippen LogP) is 3.95. The highest BCUT2D eigenvalue weighted by Gasteiger charge is 2.20. The van der Waals surface area contributed by atoms with Gasteiger partial charge in [0.05, 0.1) is 5.56 Å². The van der Waals surface area contributed by atoms with Crippen molar-refractivity contribution in [3.8, 4) is 6.07 Å². The van der Waals surface area contributed by atoms with Crippen molar-refractivity contribution in [1.29, 1.82) is 5.26 Å². The zero-order chi connectivity index (χ0) is 13.7. The van der Waals surface area contributed by atoms with Gasteiger partial charge in [0, 0.05) is 23.2 Å². The molecule has 0 amide bonds. The molecule has 102 valence electrons. The summed E-state index contributed by atoms with van der Waals surface area (Å²) in [6.07, 6.45) is 3.79. The van der Waals surface area contributed by atoms with Crippen LogP contribution in [0, 0.1) is 17.2 Å². The highest BCUT2D eigenvalue weighted by molar-refractivity contribution is 7.99. The highest BCUT2D eigenvalue weighted by atomic mass is 32.2. The SMILES string of the molecule is CCC(C)CSc1ccc(CNC2CC2)cc1C#N. The smallest absolute Gasteiger partial charge is 0.100 e. The van der Waals surface area contributed by atoms with E-state index in [1.165, 1.54) is 24.8 Å². The van der Waals surface area contributed by atoms with E-state index in [1.807, 2.05) is 6.07 Å². The lowest BCUT2D eigenvalue weighted by molar-refractivity contribution is 0.637. The van der Waals surface area contributed by atoms with Gasteiger partial charge in [-0.2, -0.15) is 5.26 Å². The van der Waals surface area contributed by atoms with Gasteiger partial charge in [-0.15, -0.1) is 11.8 Å². The van der Waals surface area contributed by atoms with Gasteiger partial charge in [0.2, 0.25) is 0 Å². The topological polar surface area (TPSA) is 35.8 Å². The molecule has 1 unspecified atom stereocenters. The van der Waals surface area contributed by atoms with Crippen molar-refractivity contribution >= 4 is 11.8 Å². The lowest BCUT2D eigenvalue weighted by atomic mass is 10.1. The Bertz CT molecular complexity index is 460. The average Bonchev–Trinajstić information content (AvgIpc) is 3.26.